The van der Waals surface area contributed by atoms with E-state index in [2.05, 4.69) is 0 Å². The number of aryl methyl sites for hydroxylation is 1. The Kier molecular flexibility index (Phi) is 3.51. The van der Waals surface area contributed by atoms with Crippen molar-refractivity contribution in [2.75, 3.05) is 0 Å². The van der Waals surface area contributed by atoms with Crippen molar-refractivity contribution in [3.05, 3.63) is 69.9 Å². The van der Waals surface area contributed by atoms with Crippen LogP contribution in [-0.2, 0) is 6.42 Å². The van der Waals surface area contributed by atoms with Crippen molar-refractivity contribution >= 4 is 16.9 Å². The average molecular weight is 294 g/mol. The Morgan fingerprint density at radius 1 is 1.14 bits per heavy atom. The first-order valence-corrected chi connectivity index (χ1v) is 6.99. The molecule has 4 nitrogen and oxygen atoms in total. The van der Waals surface area contributed by atoms with Crippen molar-refractivity contribution < 1.29 is 14.3 Å². The number of fused-ring (bicyclic) bond motifs is 1. The molecule has 0 fully saturated rings. The zero-order chi connectivity index (χ0) is 15.7. The number of rotatable bonds is 3. The lowest BCUT2D eigenvalue weighted by Crippen LogP contribution is -2.02. The molecule has 4 heteroatoms. The highest BCUT2D eigenvalue weighted by Crippen LogP contribution is 2.23. The molecule has 0 amide bonds. The summed E-state index contributed by atoms with van der Waals surface area (Å²) >= 11 is 0. The molecule has 1 heterocycles. The van der Waals surface area contributed by atoms with E-state index in [1.165, 1.54) is 18.2 Å². The van der Waals surface area contributed by atoms with Crippen molar-refractivity contribution in [1.82, 2.24) is 0 Å². The quantitative estimate of drug-likeness (QED) is 0.799. The molecule has 3 aromatic rings. The fourth-order valence-electron chi connectivity index (χ4n) is 2.37. The summed E-state index contributed by atoms with van der Waals surface area (Å²) in [5.74, 6) is -0.651. The largest absolute Gasteiger partial charge is 0.478 e. The molecule has 0 saturated heterocycles. The first-order chi connectivity index (χ1) is 10.6. The summed E-state index contributed by atoms with van der Waals surface area (Å²) in [5, 5.41) is 9.59. The van der Waals surface area contributed by atoms with Gasteiger partial charge < -0.3 is 9.52 Å². The second-order valence-electron chi connectivity index (χ2n) is 5.04. The van der Waals surface area contributed by atoms with Crippen molar-refractivity contribution in [3.63, 3.8) is 0 Å². The van der Waals surface area contributed by atoms with Gasteiger partial charge in [0.2, 0.25) is 0 Å². The van der Waals surface area contributed by atoms with Gasteiger partial charge in [-0.1, -0.05) is 25.1 Å². The number of carboxylic acid groups (broad SMARTS) is 1. The Morgan fingerprint density at radius 2 is 1.95 bits per heavy atom. The molecule has 3 rings (SSSR count). The van der Waals surface area contributed by atoms with E-state index < -0.39 is 5.97 Å². The second kappa shape index (κ2) is 5.48. The Bertz CT molecular complexity index is 922. The van der Waals surface area contributed by atoms with Crippen LogP contribution in [0, 0.1) is 0 Å². The van der Waals surface area contributed by atoms with Gasteiger partial charge in [0.1, 0.15) is 11.3 Å². The molecule has 22 heavy (non-hydrogen) atoms. The predicted molar refractivity (Wildman–Crippen MR) is 84.3 cm³/mol. The Labute approximate surface area is 126 Å². The first kappa shape index (κ1) is 14.1. The number of carboxylic acids is 1. The van der Waals surface area contributed by atoms with Crippen molar-refractivity contribution in [3.8, 4) is 11.3 Å². The molecule has 0 unspecified atom stereocenters. The summed E-state index contributed by atoms with van der Waals surface area (Å²) in [6.07, 6.45) is 0.845. The van der Waals surface area contributed by atoms with Crippen LogP contribution in [0.2, 0.25) is 0 Å². The fraction of sp³-hybridized carbons (Fsp3) is 0.111. The van der Waals surface area contributed by atoms with Gasteiger partial charge in [0.15, 0.2) is 5.43 Å². The molecule has 0 bridgehead atoms. The highest BCUT2D eigenvalue weighted by atomic mass is 16.4. The zero-order valence-electron chi connectivity index (χ0n) is 12.0. The van der Waals surface area contributed by atoms with E-state index in [0.29, 0.717) is 22.3 Å². The maximum absolute atomic E-state index is 12.3. The smallest absolute Gasteiger partial charge is 0.335 e. The first-order valence-electron chi connectivity index (χ1n) is 6.99. The fourth-order valence-corrected chi connectivity index (χ4v) is 2.37. The standard InChI is InChI=1S/C18H14O4/c1-2-11-6-7-16-14(8-11)15(19)10-17(22-16)12-4-3-5-13(9-12)18(20)21/h3-10H,2H2,1H3,(H,20,21). The maximum Gasteiger partial charge on any atom is 0.335 e. The van der Waals surface area contributed by atoms with Gasteiger partial charge in [-0.25, -0.2) is 4.79 Å². The van der Waals surface area contributed by atoms with Crippen molar-refractivity contribution in [1.29, 1.82) is 0 Å². The van der Waals surface area contributed by atoms with Gasteiger partial charge in [-0.15, -0.1) is 0 Å². The van der Waals surface area contributed by atoms with Crippen LogP contribution in [-0.4, -0.2) is 11.1 Å². The van der Waals surface area contributed by atoms with E-state index in [4.69, 9.17) is 9.52 Å². The summed E-state index contributed by atoms with van der Waals surface area (Å²) < 4.78 is 5.77. The minimum atomic E-state index is -1.02. The molecular weight excluding hydrogens is 280 g/mol. The summed E-state index contributed by atoms with van der Waals surface area (Å²) in [6.45, 7) is 2.02. The van der Waals surface area contributed by atoms with E-state index in [0.717, 1.165) is 12.0 Å². The summed E-state index contributed by atoms with van der Waals surface area (Å²) in [6, 6.07) is 13.3. The molecule has 0 atom stereocenters. The number of carbonyl (C=O) groups is 1. The second-order valence-corrected chi connectivity index (χ2v) is 5.04. The number of aromatic carboxylic acids is 1. The van der Waals surface area contributed by atoms with E-state index in [1.807, 2.05) is 19.1 Å². The Balaban J connectivity index is 2.18. The summed E-state index contributed by atoms with van der Waals surface area (Å²) in [7, 11) is 0. The Hall–Kier alpha value is -2.88. The molecular formula is C18H14O4. The van der Waals surface area contributed by atoms with Crippen LogP contribution in [0.5, 0.6) is 0 Å². The molecule has 2 aromatic carbocycles. The van der Waals surface area contributed by atoms with E-state index >= 15 is 0 Å². The topological polar surface area (TPSA) is 67.5 Å². The van der Waals surface area contributed by atoms with Crippen molar-refractivity contribution in [2.24, 2.45) is 0 Å². The zero-order valence-corrected chi connectivity index (χ0v) is 12.0. The molecule has 0 radical (unpaired) electrons. The molecule has 0 aliphatic carbocycles. The Morgan fingerprint density at radius 3 is 2.68 bits per heavy atom. The normalized spacial score (nSPS) is 10.8. The van der Waals surface area contributed by atoms with Gasteiger partial charge in [-0.2, -0.15) is 0 Å². The number of hydrogen-bond acceptors (Lipinski definition) is 3. The molecule has 0 aliphatic heterocycles. The summed E-state index contributed by atoms with van der Waals surface area (Å²) in [5.41, 5.74) is 2.16. The third-order valence-electron chi connectivity index (χ3n) is 3.59. The van der Waals surface area contributed by atoms with Gasteiger partial charge in [0.25, 0.3) is 0 Å². The molecule has 110 valence electrons. The van der Waals surface area contributed by atoms with Crippen LogP contribution < -0.4 is 5.43 Å². The molecule has 0 aliphatic rings. The van der Waals surface area contributed by atoms with Crippen LogP contribution in [0.4, 0.5) is 0 Å². The third-order valence-corrected chi connectivity index (χ3v) is 3.59. The number of benzene rings is 2. The lowest BCUT2D eigenvalue weighted by Gasteiger charge is -2.05. The highest BCUT2D eigenvalue weighted by Gasteiger charge is 2.10. The SMILES string of the molecule is CCc1ccc2oc(-c3cccc(C(=O)O)c3)cc(=O)c2c1. The molecule has 1 N–H and O–H groups in total. The van der Waals surface area contributed by atoms with Gasteiger partial charge in [-0.05, 0) is 36.2 Å². The predicted octanol–water partition coefficient (Wildman–Crippen LogP) is 3.72. The lowest BCUT2D eigenvalue weighted by atomic mass is 10.1. The molecule has 1 aromatic heterocycles. The van der Waals surface area contributed by atoms with Gasteiger partial charge in [0, 0.05) is 11.6 Å². The molecule has 0 spiro atoms. The van der Waals surface area contributed by atoms with Crippen molar-refractivity contribution in [2.45, 2.75) is 13.3 Å². The van der Waals surface area contributed by atoms with Gasteiger partial charge in [-0.3, -0.25) is 4.79 Å². The average Bonchev–Trinajstić information content (AvgIpc) is 2.54. The summed E-state index contributed by atoms with van der Waals surface area (Å²) in [4.78, 5) is 23.3. The molecule has 0 saturated carbocycles. The van der Waals surface area contributed by atoms with Crippen LogP contribution in [0.25, 0.3) is 22.3 Å². The minimum absolute atomic E-state index is 0.132. The van der Waals surface area contributed by atoms with Crippen LogP contribution in [0.15, 0.2) is 57.7 Å². The highest BCUT2D eigenvalue weighted by molar-refractivity contribution is 5.89. The third kappa shape index (κ3) is 2.51. The monoisotopic (exact) mass is 294 g/mol. The van der Waals surface area contributed by atoms with E-state index in [9.17, 15) is 9.59 Å². The van der Waals surface area contributed by atoms with Crippen LogP contribution in [0.1, 0.15) is 22.8 Å². The van der Waals surface area contributed by atoms with Gasteiger partial charge in [0.05, 0.1) is 10.9 Å². The lowest BCUT2D eigenvalue weighted by molar-refractivity contribution is 0.0697. The van der Waals surface area contributed by atoms with Gasteiger partial charge >= 0.3 is 5.97 Å². The van der Waals surface area contributed by atoms with Crippen LogP contribution >= 0.6 is 0 Å². The number of hydrogen-bond donors (Lipinski definition) is 1. The maximum atomic E-state index is 12.3. The van der Waals surface area contributed by atoms with E-state index in [1.54, 1.807) is 18.2 Å². The van der Waals surface area contributed by atoms with E-state index in [-0.39, 0.29) is 11.0 Å². The minimum Gasteiger partial charge on any atom is -0.478 e. The van der Waals surface area contributed by atoms with Crippen LogP contribution in [0.3, 0.4) is 0 Å².